The monoisotopic (exact) mass is 404 g/mol. The summed E-state index contributed by atoms with van der Waals surface area (Å²) in [4.78, 5) is 9.86. The third-order valence-electron chi connectivity index (χ3n) is 3.99. The van der Waals surface area contributed by atoms with Crippen LogP contribution < -0.4 is 0 Å². The molecule has 0 aliphatic carbocycles. The van der Waals surface area contributed by atoms with Gasteiger partial charge in [-0.25, -0.2) is 0 Å². The minimum atomic E-state index is -4.83. The quantitative estimate of drug-likeness (QED) is 0.356. The lowest BCUT2D eigenvalue weighted by molar-refractivity contribution is -0.143. The summed E-state index contributed by atoms with van der Waals surface area (Å²) < 4.78 is 86.6. The Kier molecular flexibility index (Phi) is 8.12. The van der Waals surface area contributed by atoms with E-state index in [1.807, 2.05) is 0 Å². The Hall–Kier alpha value is -1.10. The second kappa shape index (κ2) is 9.20. The van der Waals surface area contributed by atoms with Gasteiger partial charge >= 0.3 is 21.2 Å². The fraction of sp³-hybridized carbons (Fsp3) is 0.625. The number of rotatable bonds is 9. The third kappa shape index (κ3) is 7.26. The number of halogens is 6. The number of unbranched alkanes of at least 4 members (excludes halogenated alkanes) is 3. The molecule has 0 saturated heterocycles. The molecule has 0 radical (unpaired) electrons. The molecule has 1 rings (SSSR count). The molecule has 1 aromatic carbocycles. The summed E-state index contributed by atoms with van der Waals surface area (Å²) in [5, 5.41) is 0. The van der Waals surface area contributed by atoms with Gasteiger partial charge in [0.1, 0.15) is 0 Å². The van der Waals surface area contributed by atoms with E-state index in [2.05, 4.69) is 0 Å². The summed E-state index contributed by atoms with van der Waals surface area (Å²) in [5.74, 6) is 0. The van der Waals surface area contributed by atoms with Crippen molar-refractivity contribution in [3.05, 3.63) is 34.9 Å². The predicted octanol–water partition coefficient (Wildman–Crippen LogP) is 5.05. The van der Waals surface area contributed by atoms with E-state index in [0.717, 1.165) is 12.1 Å². The first-order chi connectivity index (χ1) is 11.9. The average molecular weight is 404 g/mol. The highest BCUT2D eigenvalue weighted by atomic mass is 28.4. The molecular formula is C16H22F6O3Si. The Morgan fingerprint density at radius 1 is 0.808 bits per heavy atom. The molecule has 0 spiro atoms. The van der Waals surface area contributed by atoms with E-state index in [-0.39, 0.29) is 18.1 Å². The maximum Gasteiger partial charge on any atom is 0.497 e. The van der Waals surface area contributed by atoms with Gasteiger partial charge in [-0.1, -0.05) is 12.8 Å². The molecule has 10 heteroatoms. The number of aryl methyl sites for hydroxylation is 1. The van der Waals surface area contributed by atoms with Crippen molar-refractivity contribution in [3.8, 4) is 0 Å². The zero-order chi connectivity index (χ0) is 20.0. The zero-order valence-corrected chi connectivity index (χ0v) is 15.5. The van der Waals surface area contributed by atoms with E-state index < -0.39 is 32.3 Å². The Bertz CT molecular complexity index is 538. The van der Waals surface area contributed by atoms with Gasteiger partial charge in [0.2, 0.25) is 0 Å². The van der Waals surface area contributed by atoms with E-state index in [0.29, 0.717) is 31.7 Å². The van der Waals surface area contributed by atoms with Gasteiger partial charge in [-0.15, -0.1) is 0 Å². The Balaban J connectivity index is 2.62. The maximum atomic E-state index is 12.8. The molecule has 0 aromatic heterocycles. The second-order valence-electron chi connectivity index (χ2n) is 5.95. The number of hydrogen-bond acceptors (Lipinski definition) is 3. The zero-order valence-electron chi connectivity index (χ0n) is 14.5. The number of hydrogen-bond donors (Lipinski definition) is 1. The van der Waals surface area contributed by atoms with Crippen LogP contribution in [0.5, 0.6) is 0 Å². The van der Waals surface area contributed by atoms with Crippen LogP contribution in [-0.4, -0.2) is 27.8 Å². The second-order valence-corrected chi connectivity index (χ2v) is 8.69. The first-order valence-electron chi connectivity index (χ1n) is 8.02. The number of alkyl halides is 6. The van der Waals surface area contributed by atoms with Crippen LogP contribution in [0.1, 0.15) is 42.4 Å². The van der Waals surface area contributed by atoms with E-state index >= 15 is 0 Å². The van der Waals surface area contributed by atoms with E-state index in [1.165, 1.54) is 14.2 Å². The van der Waals surface area contributed by atoms with Crippen LogP contribution in [0.4, 0.5) is 26.3 Å². The van der Waals surface area contributed by atoms with Crippen LogP contribution in [0, 0.1) is 0 Å². The normalized spacial score (nSPS) is 13.3. The van der Waals surface area contributed by atoms with Crippen molar-refractivity contribution < 1.29 is 40.0 Å². The SMILES string of the molecule is CO[Si](O)(CCCCCCc1cc(C(F)(F)F)cc(C(F)(F)F)c1)OC. The smallest absolute Gasteiger partial charge is 0.390 e. The summed E-state index contributed by atoms with van der Waals surface area (Å²) in [6.07, 6.45) is -7.23. The van der Waals surface area contributed by atoms with Crippen LogP contribution in [0.15, 0.2) is 18.2 Å². The first-order valence-corrected chi connectivity index (χ1v) is 9.99. The summed E-state index contributed by atoms with van der Waals surface area (Å²) in [5.41, 5.74) is -2.58. The van der Waals surface area contributed by atoms with Crippen molar-refractivity contribution >= 4 is 8.80 Å². The van der Waals surface area contributed by atoms with Crippen LogP contribution >= 0.6 is 0 Å². The van der Waals surface area contributed by atoms with E-state index in [9.17, 15) is 31.1 Å². The molecule has 0 heterocycles. The Morgan fingerprint density at radius 3 is 1.69 bits per heavy atom. The molecule has 3 nitrogen and oxygen atoms in total. The van der Waals surface area contributed by atoms with Gasteiger partial charge in [0, 0.05) is 20.3 Å². The van der Waals surface area contributed by atoms with Crippen LogP contribution in [0.3, 0.4) is 0 Å². The lowest BCUT2D eigenvalue weighted by atomic mass is 10.00. The highest BCUT2D eigenvalue weighted by Gasteiger charge is 2.37. The topological polar surface area (TPSA) is 38.7 Å². The van der Waals surface area contributed by atoms with Gasteiger partial charge in [-0.3, -0.25) is 0 Å². The van der Waals surface area contributed by atoms with Crippen molar-refractivity contribution in [2.45, 2.75) is 50.5 Å². The Morgan fingerprint density at radius 2 is 1.27 bits per heavy atom. The molecule has 0 aliphatic rings. The van der Waals surface area contributed by atoms with Crippen LogP contribution in [-0.2, 0) is 27.6 Å². The molecule has 0 fully saturated rings. The molecular weight excluding hydrogens is 382 g/mol. The van der Waals surface area contributed by atoms with Gasteiger partial charge in [-0.2, -0.15) is 26.3 Å². The van der Waals surface area contributed by atoms with Crippen molar-refractivity contribution in [1.29, 1.82) is 0 Å². The first kappa shape index (κ1) is 22.9. The van der Waals surface area contributed by atoms with Crippen molar-refractivity contribution in [2.24, 2.45) is 0 Å². The molecule has 1 aromatic rings. The van der Waals surface area contributed by atoms with Gasteiger partial charge in [-0.05, 0) is 43.0 Å². The molecule has 0 unspecified atom stereocenters. The molecule has 150 valence electrons. The summed E-state index contributed by atoms with van der Waals surface area (Å²) >= 11 is 0. The Labute approximate surface area is 149 Å². The average Bonchev–Trinajstić information content (AvgIpc) is 2.56. The molecule has 0 bridgehead atoms. The van der Waals surface area contributed by atoms with Crippen molar-refractivity contribution in [1.82, 2.24) is 0 Å². The summed E-state index contributed by atoms with van der Waals surface area (Å²) in [7, 11) is -0.431. The van der Waals surface area contributed by atoms with Crippen LogP contribution in [0.2, 0.25) is 6.04 Å². The van der Waals surface area contributed by atoms with E-state index in [1.54, 1.807) is 0 Å². The molecule has 1 N–H and O–H groups in total. The minimum absolute atomic E-state index is 0.00631. The largest absolute Gasteiger partial charge is 0.497 e. The molecule has 26 heavy (non-hydrogen) atoms. The summed E-state index contributed by atoms with van der Waals surface area (Å²) in [6, 6.07) is 2.00. The number of benzene rings is 1. The molecule has 0 atom stereocenters. The lowest BCUT2D eigenvalue weighted by Crippen LogP contribution is -2.39. The molecule has 0 aliphatic heterocycles. The maximum absolute atomic E-state index is 12.8. The van der Waals surface area contributed by atoms with Gasteiger partial charge in [0.15, 0.2) is 0 Å². The van der Waals surface area contributed by atoms with Crippen molar-refractivity contribution in [3.63, 3.8) is 0 Å². The summed E-state index contributed by atoms with van der Waals surface area (Å²) in [6.45, 7) is 0. The van der Waals surface area contributed by atoms with Gasteiger partial charge < -0.3 is 13.6 Å². The van der Waals surface area contributed by atoms with Crippen LogP contribution in [0.25, 0.3) is 0 Å². The highest BCUT2D eigenvalue weighted by Crippen LogP contribution is 2.36. The fourth-order valence-corrected chi connectivity index (χ4v) is 3.75. The highest BCUT2D eigenvalue weighted by molar-refractivity contribution is 6.59. The third-order valence-corrected chi connectivity index (χ3v) is 6.25. The standard InChI is InChI=1S/C16H22F6O3Si/c1-24-26(23,25-2)8-6-4-3-5-7-12-9-13(15(17,18)19)11-14(10-12)16(20,21)22/h9-11,23H,3-8H2,1-2H3. The molecule has 0 saturated carbocycles. The van der Waals surface area contributed by atoms with E-state index in [4.69, 9.17) is 8.85 Å². The minimum Gasteiger partial charge on any atom is -0.390 e. The van der Waals surface area contributed by atoms with Gasteiger partial charge in [0.25, 0.3) is 0 Å². The van der Waals surface area contributed by atoms with Crippen molar-refractivity contribution in [2.75, 3.05) is 14.2 Å². The molecule has 0 amide bonds. The fourth-order valence-electron chi connectivity index (χ4n) is 2.48. The lowest BCUT2D eigenvalue weighted by Gasteiger charge is -2.19. The predicted molar refractivity (Wildman–Crippen MR) is 85.4 cm³/mol. The van der Waals surface area contributed by atoms with Gasteiger partial charge in [0.05, 0.1) is 11.1 Å².